The number of methoxy groups -OCH3 is 1. The number of nitrogens with one attached hydrogen (secondary N) is 1. The molecule has 1 amide bonds. The first-order valence-corrected chi connectivity index (χ1v) is 7.70. The molecule has 1 N–H and O–H groups in total. The second kappa shape index (κ2) is 7.18. The third-order valence-electron chi connectivity index (χ3n) is 4.64. The van der Waals surface area contributed by atoms with Crippen LogP contribution in [0.25, 0.3) is 0 Å². The van der Waals surface area contributed by atoms with E-state index in [0.717, 1.165) is 38.6 Å². The highest BCUT2D eigenvalue weighted by molar-refractivity contribution is 5.84. The van der Waals surface area contributed by atoms with Crippen molar-refractivity contribution in [1.82, 2.24) is 10.2 Å². The number of ether oxygens (including phenoxy) is 1. The molecule has 2 fully saturated rings. The highest BCUT2D eigenvalue weighted by Gasteiger charge is 2.40. The predicted molar refractivity (Wildman–Crippen MR) is 76.4 cm³/mol. The number of nitrogens with zero attached hydrogens (tertiary/aromatic N) is 1. The van der Waals surface area contributed by atoms with Gasteiger partial charge in [0.2, 0.25) is 5.91 Å². The lowest BCUT2D eigenvalue weighted by Gasteiger charge is -2.32. The van der Waals surface area contributed by atoms with Gasteiger partial charge in [0.05, 0.1) is 12.6 Å². The van der Waals surface area contributed by atoms with Gasteiger partial charge in [-0.3, -0.25) is 14.5 Å². The van der Waals surface area contributed by atoms with Crippen molar-refractivity contribution < 1.29 is 14.3 Å². The van der Waals surface area contributed by atoms with Crippen LogP contribution in [0.2, 0.25) is 0 Å². The summed E-state index contributed by atoms with van der Waals surface area (Å²) in [4.78, 5) is 26.4. The van der Waals surface area contributed by atoms with Crippen LogP contribution in [0, 0.1) is 5.92 Å². The number of hydrogen-bond donors (Lipinski definition) is 1. The van der Waals surface area contributed by atoms with Gasteiger partial charge in [0.1, 0.15) is 5.78 Å². The summed E-state index contributed by atoms with van der Waals surface area (Å²) in [6.07, 6.45) is 4.87. The molecule has 5 nitrogen and oxygen atoms in total. The number of hydrogen-bond acceptors (Lipinski definition) is 4. The minimum atomic E-state index is -0.159. The highest BCUT2D eigenvalue weighted by Crippen LogP contribution is 2.34. The summed E-state index contributed by atoms with van der Waals surface area (Å²) in [7, 11) is 1.62. The zero-order valence-corrected chi connectivity index (χ0v) is 12.6. The number of rotatable bonds is 6. The SMILES string of the molecule is COCCNC(=O)C(C)N1CCCC1C1CCCC1=O. The van der Waals surface area contributed by atoms with Crippen LogP contribution < -0.4 is 5.32 Å². The first-order chi connectivity index (χ1) is 9.65. The standard InChI is InChI=1S/C15H26N2O3/c1-11(15(19)16-8-10-20-2)17-9-4-6-13(17)12-5-3-7-14(12)18/h11-13H,3-10H2,1-2H3,(H,16,19). The Morgan fingerprint density at radius 3 is 2.90 bits per heavy atom. The van der Waals surface area contributed by atoms with Crippen molar-refractivity contribution in [1.29, 1.82) is 0 Å². The Kier molecular flexibility index (Phi) is 5.54. The van der Waals surface area contributed by atoms with E-state index >= 15 is 0 Å². The molecule has 0 spiro atoms. The van der Waals surface area contributed by atoms with E-state index in [1.807, 2.05) is 6.92 Å². The summed E-state index contributed by atoms with van der Waals surface area (Å²) in [6, 6.07) is 0.112. The Hall–Kier alpha value is -0.940. The molecule has 2 rings (SSSR count). The molecule has 0 bridgehead atoms. The van der Waals surface area contributed by atoms with Crippen LogP contribution in [0.3, 0.4) is 0 Å². The van der Waals surface area contributed by atoms with E-state index < -0.39 is 0 Å². The minimum Gasteiger partial charge on any atom is -0.383 e. The summed E-state index contributed by atoms with van der Waals surface area (Å²) in [5, 5.41) is 2.89. The highest BCUT2D eigenvalue weighted by atomic mass is 16.5. The summed E-state index contributed by atoms with van der Waals surface area (Å²) in [6.45, 7) is 3.94. The second-order valence-electron chi connectivity index (χ2n) is 5.87. The van der Waals surface area contributed by atoms with Crippen molar-refractivity contribution in [2.45, 2.75) is 51.1 Å². The molecule has 1 saturated heterocycles. The Morgan fingerprint density at radius 2 is 2.25 bits per heavy atom. The normalized spacial score (nSPS) is 28.8. The van der Waals surface area contributed by atoms with Crippen molar-refractivity contribution in [2.75, 3.05) is 26.8 Å². The fourth-order valence-corrected chi connectivity index (χ4v) is 3.55. The molecule has 3 unspecified atom stereocenters. The Balaban J connectivity index is 1.92. The average molecular weight is 282 g/mol. The third kappa shape index (κ3) is 3.38. The summed E-state index contributed by atoms with van der Waals surface area (Å²) in [5.74, 6) is 0.597. The zero-order valence-electron chi connectivity index (χ0n) is 12.6. The van der Waals surface area contributed by atoms with Gasteiger partial charge in [-0.15, -0.1) is 0 Å². The van der Waals surface area contributed by atoms with Crippen molar-refractivity contribution in [3.8, 4) is 0 Å². The Bertz CT molecular complexity index is 359. The van der Waals surface area contributed by atoms with Crippen molar-refractivity contribution in [3.05, 3.63) is 0 Å². The van der Waals surface area contributed by atoms with Crippen LogP contribution in [-0.2, 0) is 14.3 Å². The zero-order chi connectivity index (χ0) is 14.5. The molecular formula is C15H26N2O3. The van der Waals surface area contributed by atoms with Crippen LogP contribution in [0.4, 0.5) is 0 Å². The average Bonchev–Trinajstić information content (AvgIpc) is 3.06. The number of ketones is 1. The lowest BCUT2D eigenvalue weighted by molar-refractivity contribution is -0.129. The van der Waals surface area contributed by atoms with Gasteiger partial charge in [-0.25, -0.2) is 0 Å². The summed E-state index contributed by atoms with van der Waals surface area (Å²) in [5.41, 5.74) is 0. The van der Waals surface area contributed by atoms with Crippen LogP contribution >= 0.6 is 0 Å². The smallest absolute Gasteiger partial charge is 0.237 e. The van der Waals surface area contributed by atoms with Gasteiger partial charge < -0.3 is 10.1 Å². The quantitative estimate of drug-likeness (QED) is 0.738. The summed E-state index contributed by atoms with van der Waals surface area (Å²) >= 11 is 0. The molecule has 2 aliphatic rings. The van der Waals surface area contributed by atoms with Gasteiger partial charge in [0.25, 0.3) is 0 Å². The van der Waals surface area contributed by atoms with Crippen LogP contribution in [0.5, 0.6) is 0 Å². The molecule has 0 aromatic carbocycles. The largest absolute Gasteiger partial charge is 0.383 e. The number of Topliss-reactive ketones (excluding diaryl/α,β-unsaturated/α-hetero) is 1. The van der Waals surface area contributed by atoms with E-state index in [1.165, 1.54) is 0 Å². The minimum absolute atomic E-state index is 0.0411. The van der Waals surface area contributed by atoms with E-state index in [0.29, 0.717) is 18.9 Å². The number of likely N-dealkylation sites (tertiary alicyclic amines) is 1. The molecule has 1 aliphatic carbocycles. The lowest BCUT2D eigenvalue weighted by Crippen LogP contribution is -2.50. The maximum Gasteiger partial charge on any atom is 0.237 e. The number of carbonyl (C=O) groups excluding carboxylic acids is 2. The number of carbonyl (C=O) groups is 2. The van der Waals surface area contributed by atoms with Gasteiger partial charge >= 0.3 is 0 Å². The van der Waals surface area contributed by atoms with Crippen LogP contribution in [-0.4, -0.2) is 55.5 Å². The first-order valence-electron chi connectivity index (χ1n) is 7.70. The van der Waals surface area contributed by atoms with Gasteiger partial charge in [0.15, 0.2) is 0 Å². The molecule has 0 aromatic heterocycles. The molecule has 0 radical (unpaired) electrons. The molecule has 3 atom stereocenters. The Morgan fingerprint density at radius 1 is 1.45 bits per heavy atom. The van der Waals surface area contributed by atoms with E-state index in [1.54, 1.807) is 7.11 Å². The maximum atomic E-state index is 12.2. The van der Waals surface area contributed by atoms with E-state index in [4.69, 9.17) is 4.74 Å². The van der Waals surface area contributed by atoms with Gasteiger partial charge in [0, 0.05) is 32.0 Å². The van der Waals surface area contributed by atoms with Crippen molar-refractivity contribution >= 4 is 11.7 Å². The Labute approximate surface area is 121 Å². The molecule has 1 saturated carbocycles. The number of amides is 1. The van der Waals surface area contributed by atoms with Gasteiger partial charge in [-0.2, -0.15) is 0 Å². The summed E-state index contributed by atoms with van der Waals surface area (Å²) < 4.78 is 4.94. The topological polar surface area (TPSA) is 58.6 Å². The molecule has 20 heavy (non-hydrogen) atoms. The fourth-order valence-electron chi connectivity index (χ4n) is 3.55. The first kappa shape index (κ1) is 15.4. The monoisotopic (exact) mass is 282 g/mol. The molecule has 114 valence electrons. The fraction of sp³-hybridized carbons (Fsp3) is 0.867. The van der Waals surface area contributed by atoms with Crippen molar-refractivity contribution in [3.63, 3.8) is 0 Å². The lowest BCUT2D eigenvalue weighted by atomic mass is 9.94. The molecule has 1 heterocycles. The van der Waals surface area contributed by atoms with E-state index in [9.17, 15) is 9.59 Å². The van der Waals surface area contributed by atoms with Crippen LogP contribution in [0.15, 0.2) is 0 Å². The molecule has 5 heteroatoms. The van der Waals surface area contributed by atoms with Crippen molar-refractivity contribution in [2.24, 2.45) is 5.92 Å². The molecule has 1 aliphatic heterocycles. The maximum absolute atomic E-state index is 12.2. The molecular weight excluding hydrogens is 256 g/mol. The predicted octanol–water partition coefficient (Wildman–Crippen LogP) is 0.971. The van der Waals surface area contributed by atoms with E-state index in [-0.39, 0.29) is 23.9 Å². The van der Waals surface area contributed by atoms with E-state index in [2.05, 4.69) is 10.2 Å². The third-order valence-corrected chi connectivity index (χ3v) is 4.64. The van der Waals surface area contributed by atoms with Gasteiger partial charge in [-0.05, 0) is 39.2 Å². The van der Waals surface area contributed by atoms with Gasteiger partial charge in [-0.1, -0.05) is 0 Å². The molecule has 0 aromatic rings. The second-order valence-corrected chi connectivity index (χ2v) is 5.87. The van der Waals surface area contributed by atoms with Crippen LogP contribution in [0.1, 0.15) is 39.0 Å².